The van der Waals surface area contributed by atoms with Crippen molar-refractivity contribution >= 4 is 22.3 Å². The molecular weight excluding hydrogens is 552 g/mol. The molecule has 7 rings (SSSR count). The molecule has 0 radical (unpaired) electrons. The molecule has 2 aromatic carbocycles. The molecule has 1 amide bonds. The molecule has 5 aromatic rings. The van der Waals surface area contributed by atoms with Gasteiger partial charge in [-0.25, -0.2) is 13.3 Å². The third kappa shape index (κ3) is 4.79. The second-order valence-corrected chi connectivity index (χ2v) is 11.9. The first-order valence-electron chi connectivity index (χ1n) is 14.6. The minimum Gasteiger partial charge on any atom is -0.505 e. The highest BCUT2D eigenvalue weighted by Crippen LogP contribution is 2.40. The van der Waals surface area contributed by atoms with Gasteiger partial charge in [0, 0.05) is 47.4 Å². The number of phenolic OH excluding ortho intramolecular Hbond substituents is 1. The third-order valence-electron chi connectivity index (χ3n) is 8.69. The average molecular weight is 586 g/mol. The van der Waals surface area contributed by atoms with Gasteiger partial charge in [0.2, 0.25) is 0 Å². The fraction of sp³-hybridized carbons (Fsp3) is 0.333. The van der Waals surface area contributed by atoms with E-state index in [0.717, 1.165) is 52.8 Å². The van der Waals surface area contributed by atoms with E-state index in [1.165, 1.54) is 11.0 Å². The number of nitrogens with zero attached hydrogens (tertiary/aromatic N) is 4. The molecule has 3 aromatic heterocycles. The van der Waals surface area contributed by atoms with Crippen molar-refractivity contribution in [1.82, 2.24) is 19.1 Å². The Morgan fingerprint density at radius 1 is 1.16 bits per heavy atom. The Labute approximate surface area is 247 Å². The van der Waals surface area contributed by atoms with Gasteiger partial charge < -0.3 is 25.0 Å². The van der Waals surface area contributed by atoms with E-state index in [1.807, 2.05) is 25.1 Å². The molecule has 3 N–H and O–H groups in total. The number of likely N-dealkylation sites (tertiary alicyclic amines) is 1. The van der Waals surface area contributed by atoms with E-state index >= 15 is 0 Å². The summed E-state index contributed by atoms with van der Waals surface area (Å²) in [7, 11) is 1.55. The zero-order chi connectivity index (χ0) is 30.0. The third-order valence-corrected chi connectivity index (χ3v) is 8.69. The minimum atomic E-state index is -1.16. The second kappa shape index (κ2) is 10.4. The van der Waals surface area contributed by atoms with Gasteiger partial charge in [-0.2, -0.15) is 5.10 Å². The molecule has 2 atom stereocenters. The van der Waals surface area contributed by atoms with Crippen LogP contribution in [0.4, 0.5) is 8.78 Å². The fourth-order valence-electron chi connectivity index (χ4n) is 6.34. The van der Waals surface area contributed by atoms with Crippen LogP contribution >= 0.6 is 0 Å². The van der Waals surface area contributed by atoms with E-state index in [2.05, 4.69) is 10.6 Å². The Balaban J connectivity index is 1.35. The first-order valence-corrected chi connectivity index (χ1v) is 14.6. The Morgan fingerprint density at radius 3 is 2.72 bits per heavy atom. The topological polar surface area (TPSA) is 98.0 Å². The van der Waals surface area contributed by atoms with Gasteiger partial charge in [-0.3, -0.25) is 4.79 Å². The SMILES string of the molecule is COc1cc(C(=O)N2C[C@H](N)C[C@@H](F)C2)cn2nc(-c3cc4ccc(-c5cccc(O)c5F)cc4n3CC3CC3)c(C)c12. The first-order chi connectivity index (χ1) is 20.7. The van der Waals surface area contributed by atoms with E-state index in [0.29, 0.717) is 34.9 Å². The van der Waals surface area contributed by atoms with E-state index in [4.69, 9.17) is 15.6 Å². The summed E-state index contributed by atoms with van der Waals surface area (Å²) >= 11 is 0. The standard InChI is InChI=1S/C33H33F2N5O3/c1-18-31(37-40-15-22(12-29(43-2)32(18)40)33(42)38-16-23(34)13-24(36)17-38)27-11-21-9-8-20(25-4-3-5-28(41)30(25)35)10-26(21)39(27)14-19-6-7-19/h3-5,8-12,15,19,23-24,41H,6-7,13-14,16-17,36H2,1-2H3/t23-,24-/m1/s1. The maximum absolute atomic E-state index is 14.8. The van der Waals surface area contributed by atoms with Crippen molar-refractivity contribution < 1.29 is 23.4 Å². The lowest BCUT2D eigenvalue weighted by Crippen LogP contribution is -2.50. The number of piperidine rings is 1. The number of fused-ring (bicyclic) bond motifs is 2. The summed E-state index contributed by atoms with van der Waals surface area (Å²) in [6.45, 7) is 3.06. The monoisotopic (exact) mass is 585 g/mol. The van der Waals surface area contributed by atoms with Crippen LogP contribution < -0.4 is 10.5 Å². The normalized spacial score (nSPS) is 19.0. The van der Waals surface area contributed by atoms with Crippen molar-refractivity contribution in [3.8, 4) is 34.0 Å². The van der Waals surface area contributed by atoms with Gasteiger partial charge in [-0.15, -0.1) is 0 Å². The number of carbonyl (C=O) groups is 1. The number of aromatic hydroxyl groups is 1. The summed E-state index contributed by atoms with van der Waals surface area (Å²) in [6.07, 6.45) is 3.04. The number of halogens is 2. The number of hydrogen-bond acceptors (Lipinski definition) is 5. The Hall–Kier alpha value is -4.44. The number of carbonyl (C=O) groups excluding carboxylic acids is 1. The molecular formula is C33H33F2N5O3. The number of ether oxygens (including phenoxy) is 1. The predicted molar refractivity (Wildman–Crippen MR) is 161 cm³/mol. The minimum absolute atomic E-state index is 0.00598. The highest BCUT2D eigenvalue weighted by molar-refractivity contribution is 5.96. The molecule has 2 aliphatic rings. The average Bonchev–Trinajstić information content (AvgIpc) is 3.66. The second-order valence-electron chi connectivity index (χ2n) is 11.9. The summed E-state index contributed by atoms with van der Waals surface area (Å²) in [5, 5.41) is 15.9. The number of aromatic nitrogens is 3. The highest BCUT2D eigenvalue weighted by Gasteiger charge is 2.30. The zero-order valence-electron chi connectivity index (χ0n) is 24.1. The van der Waals surface area contributed by atoms with E-state index in [9.17, 15) is 18.7 Å². The number of methoxy groups -OCH3 is 1. The number of rotatable bonds is 6. The van der Waals surface area contributed by atoms with Crippen LogP contribution in [0, 0.1) is 18.7 Å². The van der Waals surface area contributed by atoms with Gasteiger partial charge in [-0.05, 0) is 61.9 Å². The lowest BCUT2D eigenvalue weighted by molar-refractivity contribution is 0.0606. The number of nitrogens with two attached hydrogens (primary N) is 1. The van der Waals surface area contributed by atoms with Gasteiger partial charge in [0.05, 0.1) is 24.9 Å². The van der Waals surface area contributed by atoms with Crippen molar-refractivity contribution in [1.29, 1.82) is 0 Å². The van der Waals surface area contributed by atoms with Crippen LogP contribution in [0.25, 0.3) is 38.9 Å². The molecule has 2 fully saturated rings. The molecule has 222 valence electrons. The van der Waals surface area contributed by atoms with E-state index in [-0.39, 0.29) is 24.6 Å². The highest BCUT2D eigenvalue weighted by atomic mass is 19.1. The van der Waals surface area contributed by atoms with Crippen molar-refractivity contribution in [3.63, 3.8) is 0 Å². The fourth-order valence-corrected chi connectivity index (χ4v) is 6.34. The van der Waals surface area contributed by atoms with Gasteiger partial charge in [0.25, 0.3) is 5.91 Å². The van der Waals surface area contributed by atoms with Crippen LogP contribution in [-0.4, -0.2) is 62.5 Å². The van der Waals surface area contributed by atoms with Crippen LogP contribution in [0.15, 0.2) is 54.7 Å². The number of alkyl halides is 1. The smallest absolute Gasteiger partial charge is 0.255 e. The maximum atomic E-state index is 14.8. The summed E-state index contributed by atoms with van der Waals surface area (Å²) in [6, 6.07) is 13.8. The van der Waals surface area contributed by atoms with Crippen molar-refractivity contribution in [2.75, 3.05) is 20.2 Å². The molecule has 1 saturated heterocycles. The van der Waals surface area contributed by atoms with Gasteiger partial charge in [0.15, 0.2) is 11.6 Å². The van der Waals surface area contributed by atoms with Crippen LogP contribution in [0.2, 0.25) is 0 Å². The maximum Gasteiger partial charge on any atom is 0.255 e. The van der Waals surface area contributed by atoms with E-state index < -0.39 is 18.0 Å². The molecule has 4 heterocycles. The largest absolute Gasteiger partial charge is 0.505 e. The lowest BCUT2D eigenvalue weighted by Gasteiger charge is -2.33. The number of aryl methyl sites for hydroxylation is 1. The van der Waals surface area contributed by atoms with E-state index in [1.54, 1.807) is 36.0 Å². The lowest BCUT2D eigenvalue weighted by atomic mass is 10.0. The molecule has 0 unspecified atom stereocenters. The number of benzene rings is 2. The number of pyridine rings is 1. The Bertz CT molecular complexity index is 1880. The molecule has 1 aliphatic heterocycles. The summed E-state index contributed by atoms with van der Waals surface area (Å²) < 4.78 is 38.7. The molecule has 1 saturated carbocycles. The Morgan fingerprint density at radius 2 is 1.98 bits per heavy atom. The van der Waals surface area contributed by atoms with Crippen molar-refractivity contribution in [2.45, 2.75) is 44.9 Å². The Kier molecular flexibility index (Phi) is 6.61. The van der Waals surface area contributed by atoms with Gasteiger partial charge >= 0.3 is 0 Å². The molecule has 8 nitrogen and oxygen atoms in total. The number of hydrogen-bond donors (Lipinski definition) is 2. The summed E-state index contributed by atoms with van der Waals surface area (Å²) in [5.41, 5.74) is 11.6. The zero-order valence-corrected chi connectivity index (χ0v) is 24.1. The number of amides is 1. The van der Waals surface area contributed by atoms with Crippen molar-refractivity contribution in [2.24, 2.45) is 11.7 Å². The molecule has 1 aliphatic carbocycles. The van der Waals surface area contributed by atoms with Crippen LogP contribution in [0.5, 0.6) is 11.5 Å². The molecule has 43 heavy (non-hydrogen) atoms. The van der Waals surface area contributed by atoms with Crippen LogP contribution in [-0.2, 0) is 6.54 Å². The van der Waals surface area contributed by atoms with Gasteiger partial charge in [0.1, 0.15) is 23.1 Å². The first kappa shape index (κ1) is 27.4. The predicted octanol–water partition coefficient (Wildman–Crippen LogP) is 5.71. The molecule has 0 bridgehead atoms. The summed E-state index contributed by atoms with van der Waals surface area (Å²) in [4.78, 5) is 14.9. The quantitative estimate of drug-likeness (QED) is 0.266. The van der Waals surface area contributed by atoms with Crippen LogP contribution in [0.1, 0.15) is 35.2 Å². The van der Waals surface area contributed by atoms with Gasteiger partial charge in [-0.1, -0.05) is 24.3 Å². The van der Waals surface area contributed by atoms with Crippen LogP contribution in [0.3, 0.4) is 0 Å². The molecule has 10 heteroatoms. The van der Waals surface area contributed by atoms with Crippen molar-refractivity contribution in [3.05, 3.63) is 71.7 Å². The number of phenols is 1. The summed E-state index contributed by atoms with van der Waals surface area (Å²) in [5.74, 6) is -0.313. The molecule has 0 spiro atoms.